The van der Waals surface area contributed by atoms with E-state index in [4.69, 9.17) is 18.6 Å². The molecule has 0 amide bonds. The summed E-state index contributed by atoms with van der Waals surface area (Å²) in [5, 5.41) is 1.25. The molecule has 10 heteroatoms. The maximum atomic E-state index is 14.7. The number of nitrogens with zero attached hydrogens (tertiary/aromatic N) is 2. The molecule has 2 heterocycles. The highest BCUT2D eigenvalue weighted by atomic mass is 28.4. The minimum atomic E-state index is -2.56. The van der Waals surface area contributed by atoms with Crippen LogP contribution < -0.4 is 25.9 Å². The Hall–Kier alpha value is -3.47. The van der Waals surface area contributed by atoms with Crippen molar-refractivity contribution in [3.8, 4) is 11.5 Å². The van der Waals surface area contributed by atoms with Crippen LogP contribution in [0.1, 0.15) is 294 Å². The number of aryl methyl sites for hydroxylation is 2. The summed E-state index contributed by atoms with van der Waals surface area (Å²) >= 11 is 0. The quantitative estimate of drug-likeness (QED) is 0.0411. The predicted molar refractivity (Wildman–Crippen MR) is 326 cm³/mol. The van der Waals surface area contributed by atoms with Crippen LogP contribution in [0.15, 0.2) is 58.3 Å². The average Bonchev–Trinajstić information content (AvgIpc) is 3.86. The van der Waals surface area contributed by atoms with Crippen LogP contribution in [0.4, 0.5) is 0 Å². The highest BCUT2D eigenvalue weighted by Gasteiger charge is 2.49. The van der Waals surface area contributed by atoms with Crippen LogP contribution in [0.3, 0.4) is 0 Å². The largest absolute Gasteiger partial charge is 0.490 e. The Morgan fingerprint density at radius 3 is 1.44 bits per heavy atom. The van der Waals surface area contributed by atoms with Crippen LogP contribution in [0.5, 0.6) is 11.5 Å². The number of rotatable bonds is 44. The second-order valence-corrected chi connectivity index (χ2v) is 28.5. The summed E-state index contributed by atoms with van der Waals surface area (Å²) in [4.78, 5) is 43.2. The van der Waals surface area contributed by atoms with Crippen LogP contribution in [0, 0.1) is 13.8 Å². The molecule has 3 aromatic rings. The summed E-state index contributed by atoms with van der Waals surface area (Å²) in [6.45, 7) is 20.3. The first-order valence-corrected chi connectivity index (χ1v) is 34.2. The minimum Gasteiger partial charge on any atom is -0.490 e. The molecule has 1 aliphatic rings. The van der Waals surface area contributed by atoms with Gasteiger partial charge >= 0.3 is 5.69 Å². The van der Waals surface area contributed by atoms with Crippen LogP contribution in [-0.2, 0) is 9.16 Å². The van der Waals surface area contributed by atoms with Crippen molar-refractivity contribution in [1.29, 1.82) is 0 Å². The van der Waals surface area contributed by atoms with Crippen molar-refractivity contribution in [2.45, 2.75) is 310 Å². The molecule has 0 radical (unpaired) electrons. The van der Waals surface area contributed by atoms with Crippen LogP contribution in [0.25, 0.3) is 0 Å². The van der Waals surface area contributed by atoms with Crippen molar-refractivity contribution in [3.05, 3.63) is 86.2 Å². The molecule has 436 valence electrons. The number of carbonyl (C=O) groups is 1. The molecule has 0 N–H and O–H groups in total. The Labute approximate surface area is 470 Å². The predicted octanol–water partition coefficient (Wildman–Crippen LogP) is 18.4. The van der Waals surface area contributed by atoms with Crippen molar-refractivity contribution in [2.24, 2.45) is 0 Å². The van der Waals surface area contributed by atoms with Gasteiger partial charge in [-0.15, -0.1) is 0 Å². The third kappa shape index (κ3) is 22.2. The third-order valence-electron chi connectivity index (χ3n) is 16.7. The van der Waals surface area contributed by atoms with Crippen molar-refractivity contribution in [3.63, 3.8) is 0 Å². The molecule has 1 saturated heterocycles. The second-order valence-electron chi connectivity index (χ2n) is 23.8. The normalized spacial score (nSPS) is 15.8. The smallest absolute Gasteiger partial charge is 0.340 e. The van der Waals surface area contributed by atoms with Gasteiger partial charge in [0.15, 0.2) is 11.5 Å². The Kier molecular flexibility index (Phi) is 32.8. The van der Waals surface area contributed by atoms with E-state index in [2.05, 4.69) is 72.7 Å². The van der Waals surface area contributed by atoms with Gasteiger partial charge in [-0.3, -0.25) is 14.2 Å². The van der Waals surface area contributed by atoms with Crippen molar-refractivity contribution >= 4 is 19.4 Å². The fraction of sp³-hybridized carbons (Fsp3) is 0.746. The van der Waals surface area contributed by atoms with Gasteiger partial charge < -0.3 is 18.6 Å². The second kappa shape index (κ2) is 38.2. The van der Waals surface area contributed by atoms with Gasteiger partial charge in [0.25, 0.3) is 11.5 Å². The Morgan fingerprint density at radius 2 is 1.01 bits per heavy atom. The van der Waals surface area contributed by atoms with Gasteiger partial charge in [0, 0.05) is 23.7 Å². The summed E-state index contributed by atoms with van der Waals surface area (Å²) in [5.41, 5.74) is 0.445. The number of aromatic nitrogens is 2. The van der Waals surface area contributed by atoms with E-state index in [1.165, 1.54) is 190 Å². The lowest BCUT2D eigenvalue weighted by Gasteiger charge is -2.42. The van der Waals surface area contributed by atoms with Gasteiger partial charge in [0.05, 0.1) is 25.4 Å². The van der Waals surface area contributed by atoms with Gasteiger partial charge in [-0.1, -0.05) is 271 Å². The lowest BCUT2D eigenvalue weighted by atomic mass is 10.0. The first kappa shape index (κ1) is 66.0. The molecule has 9 nitrogen and oxygen atoms in total. The molecule has 2 aromatic carbocycles. The maximum absolute atomic E-state index is 14.7. The van der Waals surface area contributed by atoms with Crippen LogP contribution in [-0.4, -0.2) is 48.8 Å². The first-order chi connectivity index (χ1) is 37.4. The average molecular weight is 1090 g/mol. The zero-order chi connectivity index (χ0) is 55.7. The molecule has 0 saturated carbocycles. The van der Waals surface area contributed by atoms with Gasteiger partial charge in [-0.25, -0.2) is 4.79 Å². The lowest BCUT2D eigenvalue weighted by Crippen LogP contribution is -2.58. The van der Waals surface area contributed by atoms with Crippen LogP contribution in [0.2, 0.25) is 11.1 Å². The molecule has 1 aliphatic heterocycles. The molecular formula is C67H112N2O7Si. The standard InChI is InChI=1S/C67H112N2O7Si/c1-10-13-15-17-19-21-23-25-27-29-31-33-35-37-39-44-48-73-62-51-58(50-56(8)64(62)74-49-45-40-38-36-34-32-30-28-26-24-22-20-18-16-14-11-2)66(71)69-65(70)57(9)53-68(67(69)72)63-52-61(60(12-3)75-63)76-77(54(4)5,55(6)7)59-46-42-41-43-47-59/h41-43,46-47,50-51,53-55,60-61,63H,10-40,44-45,48-49,52H2,1-9H3. The van der Waals surface area contributed by atoms with E-state index in [0.29, 0.717) is 37.6 Å². The molecule has 3 atom stereocenters. The highest BCUT2D eigenvalue weighted by molar-refractivity contribution is 6.88. The molecule has 1 fully saturated rings. The van der Waals surface area contributed by atoms with Crippen LogP contribution >= 0.6 is 0 Å². The zero-order valence-corrected chi connectivity index (χ0v) is 51.7. The van der Waals surface area contributed by atoms with Crippen molar-refractivity contribution in [1.82, 2.24) is 9.13 Å². The molecule has 1 aromatic heterocycles. The maximum Gasteiger partial charge on any atom is 0.340 e. The Morgan fingerprint density at radius 1 is 0.584 bits per heavy atom. The molecule has 77 heavy (non-hydrogen) atoms. The van der Waals surface area contributed by atoms with Gasteiger partial charge in [-0.05, 0) is 67.1 Å². The number of benzene rings is 2. The van der Waals surface area contributed by atoms with E-state index in [1.807, 2.05) is 13.0 Å². The minimum absolute atomic E-state index is 0.211. The fourth-order valence-corrected chi connectivity index (χ4v) is 16.8. The van der Waals surface area contributed by atoms with E-state index in [-0.39, 0.29) is 34.4 Å². The van der Waals surface area contributed by atoms with E-state index in [9.17, 15) is 14.4 Å². The van der Waals surface area contributed by atoms with Gasteiger partial charge in [0.2, 0.25) is 8.32 Å². The summed E-state index contributed by atoms with van der Waals surface area (Å²) in [7, 11) is -2.56. The molecule has 0 bridgehead atoms. The Balaban J connectivity index is 1.39. The zero-order valence-electron chi connectivity index (χ0n) is 50.7. The summed E-state index contributed by atoms with van der Waals surface area (Å²) in [6.07, 6.45) is 43.1. The number of hydrogen-bond donors (Lipinski definition) is 0. The molecule has 0 spiro atoms. The highest BCUT2D eigenvalue weighted by Crippen LogP contribution is 2.40. The number of carbonyl (C=O) groups excluding carboxylic acids is 1. The third-order valence-corrected chi connectivity index (χ3v) is 22.0. The molecule has 4 rings (SSSR count). The van der Waals surface area contributed by atoms with Crippen molar-refractivity contribution in [2.75, 3.05) is 13.2 Å². The summed E-state index contributed by atoms with van der Waals surface area (Å²) in [5.74, 6) is 0.421. The number of unbranched alkanes of at least 4 members (excludes halogenated alkanes) is 30. The fourth-order valence-electron chi connectivity index (χ4n) is 12.0. The van der Waals surface area contributed by atoms with E-state index in [0.717, 1.165) is 35.8 Å². The van der Waals surface area contributed by atoms with E-state index < -0.39 is 31.7 Å². The van der Waals surface area contributed by atoms with Gasteiger partial charge in [-0.2, -0.15) is 4.57 Å². The number of ether oxygens (including phenoxy) is 3. The summed E-state index contributed by atoms with van der Waals surface area (Å²) < 4.78 is 29.2. The number of hydrogen-bond acceptors (Lipinski definition) is 7. The van der Waals surface area contributed by atoms with E-state index >= 15 is 0 Å². The lowest BCUT2D eigenvalue weighted by molar-refractivity contribution is -0.0200. The molecular weight excluding hydrogens is 973 g/mol. The molecule has 0 aliphatic carbocycles. The summed E-state index contributed by atoms with van der Waals surface area (Å²) in [6, 6.07) is 14.0. The Bertz CT molecular complexity index is 2160. The topological polar surface area (TPSA) is 98.0 Å². The van der Waals surface area contributed by atoms with Gasteiger partial charge in [0.1, 0.15) is 6.23 Å². The SMILES string of the molecule is CCCCCCCCCCCCCCCCCCOc1cc(C(=O)n2c(=O)c(C)cn(C3CC(O[Si](c4ccccc4)(C(C)C)C(C)C)C(CC)O3)c2=O)cc(C)c1OCCCCCCCCCCCCCCCCCC. The van der Waals surface area contributed by atoms with Crippen molar-refractivity contribution < 1.29 is 23.4 Å². The molecule has 3 unspecified atom stereocenters. The van der Waals surface area contributed by atoms with E-state index in [1.54, 1.807) is 25.3 Å². The monoisotopic (exact) mass is 1080 g/mol. The first-order valence-electron chi connectivity index (χ1n) is 32.1.